The lowest BCUT2D eigenvalue weighted by atomic mass is 9.98. The number of fused-ring (bicyclic) bond motifs is 4. The molecule has 0 aliphatic heterocycles. The predicted molar refractivity (Wildman–Crippen MR) is 217 cm³/mol. The third kappa shape index (κ3) is 5.73. The lowest BCUT2D eigenvalue weighted by molar-refractivity contribution is 0.669. The molecule has 4 heteroatoms. The second-order valence-corrected chi connectivity index (χ2v) is 13.3. The van der Waals surface area contributed by atoms with Crippen molar-refractivity contribution in [2.45, 2.75) is 0 Å². The Morgan fingerprint density at radius 3 is 1.60 bits per heavy atom. The van der Waals surface area contributed by atoms with Crippen molar-refractivity contribution in [3.63, 3.8) is 0 Å². The van der Waals surface area contributed by atoms with Crippen LogP contribution in [0.3, 0.4) is 0 Å². The van der Waals surface area contributed by atoms with E-state index in [4.69, 9.17) is 19.4 Å². The quantitative estimate of drug-likeness (QED) is 0.176. The van der Waals surface area contributed by atoms with Crippen LogP contribution in [0.2, 0.25) is 0 Å². The molecule has 4 nitrogen and oxygen atoms in total. The zero-order chi connectivity index (χ0) is 35.1. The van der Waals surface area contributed by atoms with Crippen molar-refractivity contribution in [3.8, 4) is 67.5 Å². The van der Waals surface area contributed by atoms with Crippen LogP contribution in [0.4, 0.5) is 0 Å². The van der Waals surface area contributed by atoms with Gasteiger partial charge in [-0.25, -0.2) is 15.0 Å². The van der Waals surface area contributed by atoms with Crippen LogP contribution in [0.25, 0.3) is 100 Å². The molecule has 2 aromatic heterocycles. The maximum absolute atomic E-state index is 6.41. The van der Waals surface area contributed by atoms with Crippen LogP contribution in [-0.4, -0.2) is 15.0 Å². The van der Waals surface area contributed by atoms with Crippen molar-refractivity contribution in [1.82, 2.24) is 15.0 Å². The molecule has 0 aliphatic rings. The van der Waals surface area contributed by atoms with Crippen molar-refractivity contribution in [3.05, 3.63) is 188 Å². The first-order chi connectivity index (χ1) is 26.2. The topological polar surface area (TPSA) is 51.8 Å². The zero-order valence-corrected chi connectivity index (χ0v) is 28.6. The third-order valence-corrected chi connectivity index (χ3v) is 9.93. The summed E-state index contributed by atoms with van der Waals surface area (Å²) >= 11 is 0. The number of aromatic nitrogens is 3. The van der Waals surface area contributed by atoms with Gasteiger partial charge in [0.05, 0.1) is 0 Å². The summed E-state index contributed by atoms with van der Waals surface area (Å²) in [6, 6.07) is 65.2. The second-order valence-electron chi connectivity index (χ2n) is 13.3. The van der Waals surface area contributed by atoms with Gasteiger partial charge in [0.1, 0.15) is 11.2 Å². The van der Waals surface area contributed by atoms with Crippen molar-refractivity contribution in [2.75, 3.05) is 0 Å². The molecule has 0 unspecified atom stereocenters. The minimum atomic E-state index is 0.623. The summed E-state index contributed by atoms with van der Waals surface area (Å²) in [5.74, 6) is 1.89. The van der Waals surface area contributed by atoms with Crippen LogP contribution in [0.15, 0.2) is 192 Å². The normalized spacial score (nSPS) is 11.4. The number of nitrogens with zero attached hydrogens (tertiary/aromatic N) is 3. The van der Waals surface area contributed by atoms with Crippen LogP contribution >= 0.6 is 0 Å². The average Bonchev–Trinajstić information content (AvgIpc) is 3.62. The molecule has 0 bridgehead atoms. The van der Waals surface area contributed by atoms with Gasteiger partial charge in [0, 0.05) is 27.5 Å². The van der Waals surface area contributed by atoms with Crippen molar-refractivity contribution < 1.29 is 4.42 Å². The molecule has 10 rings (SSSR count). The van der Waals surface area contributed by atoms with Crippen molar-refractivity contribution >= 4 is 32.7 Å². The molecule has 0 radical (unpaired) electrons. The van der Waals surface area contributed by atoms with Crippen LogP contribution in [0, 0.1) is 0 Å². The molecule has 0 atom stereocenters. The number of hydrogen-bond acceptors (Lipinski definition) is 4. The summed E-state index contributed by atoms with van der Waals surface area (Å²) in [4.78, 5) is 15.0. The highest BCUT2D eigenvalue weighted by Crippen LogP contribution is 2.38. The maximum atomic E-state index is 6.41. The van der Waals surface area contributed by atoms with Gasteiger partial charge in [0.2, 0.25) is 0 Å². The monoisotopic (exact) mass is 677 g/mol. The smallest absolute Gasteiger partial charge is 0.164 e. The molecular weight excluding hydrogens is 647 g/mol. The molecular formula is C49H31N3O. The largest absolute Gasteiger partial charge is 0.456 e. The van der Waals surface area contributed by atoms with E-state index in [9.17, 15) is 0 Å². The second kappa shape index (κ2) is 12.9. The molecule has 8 aromatic carbocycles. The molecule has 0 fully saturated rings. The fourth-order valence-electron chi connectivity index (χ4n) is 7.23. The molecule has 0 saturated heterocycles. The van der Waals surface area contributed by atoms with Crippen molar-refractivity contribution in [2.24, 2.45) is 0 Å². The highest BCUT2D eigenvalue weighted by Gasteiger charge is 2.16. The third-order valence-electron chi connectivity index (χ3n) is 9.93. The fourth-order valence-corrected chi connectivity index (χ4v) is 7.23. The summed E-state index contributed by atoms with van der Waals surface area (Å²) in [7, 11) is 0. The Morgan fingerprint density at radius 1 is 0.302 bits per heavy atom. The van der Waals surface area contributed by atoms with Gasteiger partial charge in [-0.2, -0.15) is 0 Å². The molecule has 10 aromatic rings. The Bertz CT molecular complexity index is 2930. The van der Waals surface area contributed by atoms with Crippen LogP contribution in [-0.2, 0) is 0 Å². The van der Waals surface area contributed by atoms with Gasteiger partial charge in [0.25, 0.3) is 0 Å². The predicted octanol–water partition coefficient (Wildman–Crippen LogP) is 12.9. The average molecular weight is 678 g/mol. The minimum absolute atomic E-state index is 0.623. The van der Waals surface area contributed by atoms with Gasteiger partial charge in [0.15, 0.2) is 17.5 Å². The van der Waals surface area contributed by atoms with E-state index < -0.39 is 0 Å². The molecule has 0 saturated carbocycles. The Kier molecular flexibility index (Phi) is 7.43. The molecule has 0 N–H and O–H groups in total. The lowest BCUT2D eigenvalue weighted by Gasteiger charge is -2.10. The Balaban J connectivity index is 1.02. The van der Waals surface area contributed by atoms with Gasteiger partial charge in [-0.15, -0.1) is 0 Å². The van der Waals surface area contributed by atoms with E-state index in [1.165, 1.54) is 21.9 Å². The molecule has 248 valence electrons. The van der Waals surface area contributed by atoms with E-state index in [1.807, 2.05) is 42.5 Å². The highest BCUT2D eigenvalue weighted by molar-refractivity contribution is 6.13. The van der Waals surface area contributed by atoms with Gasteiger partial charge < -0.3 is 4.42 Å². The highest BCUT2D eigenvalue weighted by atomic mass is 16.3. The summed E-state index contributed by atoms with van der Waals surface area (Å²) < 4.78 is 6.41. The molecule has 53 heavy (non-hydrogen) atoms. The lowest BCUT2D eigenvalue weighted by Crippen LogP contribution is -2.00. The molecule has 0 spiro atoms. The van der Waals surface area contributed by atoms with E-state index in [0.29, 0.717) is 17.5 Å². The fraction of sp³-hybridized carbons (Fsp3) is 0. The Hall–Kier alpha value is -7.17. The van der Waals surface area contributed by atoms with E-state index in [2.05, 4.69) is 146 Å². The summed E-state index contributed by atoms with van der Waals surface area (Å²) in [6.45, 7) is 0. The standard InChI is InChI=1S/C49H31N3O/c1-3-12-34(13-4-1)42-19-10-20-44-46(42)43-28-27-40(31-45(43)53-44)33-21-24-36(25-22-33)48-50-47(35-14-5-2-6-15-35)51-49(52-48)41-18-9-17-38(30-41)39-26-23-32-11-7-8-16-37(32)29-39/h1-31H. The van der Waals surface area contributed by atoms with Crippen molar-refractivity contribution in [1.29, 1.82) is 0 Å². The number of rotatable bonds is 6. The van der Waals surface area contributed by atoms with Crippen LogP contribution in [0.1, 0.15) is 0 Å². The SMILES string of the molecule is c1ccc(-c2nc(-c3ccc(-c4ccc5c(c4)oc4cccc(-c6ccccc6)c45)cc3)nc(-c3cccc(-c4ccc5ccccc5c4)c3)n2)cc1. The molecule has 0 aliphatic carbocycles. The maximum Gasteiger partial charge on any atom is 0.164 e. The zero-order valence-electron chi connectivity index (χ0n) is 28.6. The van der Waals surface area contributed by atoms with Gasteiger partial charge in [-0.05, 0) is 74.5 Å². The number of furan rings is 1. The van der Waals surface area contributed by atoms with E-state index >= 15 is 0 Å². The first-order valence-corrected chi connectivity index (χ1v) is 17.8. The van der Waals surface area contributed by atoms with E-state index in [-0.39, 0.29) is 0 Å². The summed E-state index contributed by atoms with van der Waals surface area (Å²) in [5, 5.41) is 4.68. The van der Waals surface area contributed by atoms with E-state index in [0.717, 1.165) is 60.9 Å². The summed E-state index contributed by atoms with van der Waals surface area (Å²) in [6.07, 6.45) is 0. The van der Waals surface area contributed by atoms with Gasteiger partial charge in [-0.3, -0.25) is 0 Å². The number of hydrogen-bond donors (Lipinski definition) is 0. The molecule has 2 heterocycles. The van der Waals surface area contributed by atoms with E-state index in [1.54, 1.807) is 0 Å². The van der Waals surface area contributed by atoms with Gasteiger partial charge in [-0.1, -0.05) is 158 Å². The minimum Gasteiger partial charge on any atom is -0.456 e. The van der Waals surface area contributed by atoms with Crippen LogP contribution < -0.4 is 0 Å². The van der Waals surface area contributed by atoms with Crippen LogP contribution in [0.5, 0.6) is 0 Å². The number of benzene rings is 8. The Labute approximate surface area is 306 Å². The first-order valence-electron chi connectivity index (χ1n) is 17.8. The Morgan fingerprint density at radius 2 is 0.830 bits per heavy atom. The van der Waals surface area contributed by atoms with Gasteiger partial charge >= 0.3 is 0 Å². The first kappa shape index (κ1) is 30.6. The summed E-state index contributed by atoms with van der Waals surface area (Å²) in [5.41, 5.74) is 11.3. The molecule has 0 amide bonds.